The molecule has 5 heteroatoms. The molecule has 0 aliphatic carbocycles. The second-order valence-electron chi connectivity index (χ2n) is 4.24. The van der Waals surface area contributed by atoms with Crippen LogP contribution in [0.15, 0.2) is 18.2 Å². The van der Waals surface area contributed by atoms with Crippen LogP contribution in [-0.2, 0) is 11.2 Å². The Balaban J connectivity index is 2.42. The highest BCUT2D eigenvalue weighted by atomic mass is 35.5. The van der Waals surface area contributed by atoms with Crippen LogP contribution in [0.3, 0.4) is 0 Å². The number of nitrogens with one attached hydrogen (secondary N) is 1. The number of carbonyl (C=O) groups is 1. The van der Waals surface area contributed by atoms with Crippen molar-refractivity contribution in [2.75, 3.05) is 13.7 Å². The highest BCUT2D eigenvalue weighted by molar-refractivity contribution is 6.31. The Bertz CT molecular complexity index is 408. The number of halogens is 1. The van der Waals surface area contributed by atoms with Crippen LogP contribution in [-0.4, -0.2) is 25.6 Å². The minimum absolute atomic E-state index is 0.0327. The third-order valence-corrected chi connectivity index (χ3v) is 2.84. The molecule has 1 atom stereocenters. The Morgan fingerprint density at radius 1 is 1.56 bits per heavy atom. The third kappa shape index (κ3) is 4.94. The van der Waals surface area contributed by atoms with E-state index >= 15 is 0 Å². The van der Waals surface area contributed by atoms with Crippen LogP contribution in [0.1, 0.15) is 18.9 Å². The summed E-state index contributed by atoms with van der Waals surface area (Å²) in [4.78, 5) is 11.4. The van der Waals surface area contributed by atoms with Crippen LogP contribution < -0.4 is 15.8 Å². The van der Waals surface area contributed by atoms with Crippen LogP contribution >= 0.6 is 11.6 Å². The highest BCUT2D eigenvalue weighted by Crippen LogP contribution is 2.22. The average Bonchev–Trinajstić information content (AvgIpc) is 2.30. The Morgan fingerprint density at radius 3 is 2.83 bits per heavy atom. The third-order valence-electron chi connectivity index (χ3n) is 2.48. The lowest BCUT2D eigenvalue weighted by Gasteiger charge is -2.09. The van der Waals surface area contributed by atoms with Crippen molar-refractivity contribution in [2.24, 2.45) is 5.73 Å². The molecule has 0 saturated carbocycles. The van der Waals surface area contributed by atoms with E-state index in [0.29, 0.717) is 24.4 Å². The van der Waals surface area contributed by atoms with Crippen molar-refractivity contribution in [1.29, 1.82) is 0 Å². The van der Waals surface area contributed by atoms with Gasteiger partial charge in [0.2, 0.25) is 5.91 Å². The van der Waals surface area contributed by atoms with Crippen molar-refractivity contribution in [3.63, 3.8) is 0 Å². The first-order valence-corrected chi connectivity index (χ1v) is 6.25. The summed E-state index contributed by atoms with van der Waals surface area (Å²) in [6.07, 6.45) is 1.03. The molecule has 0 aromatic heterocycles. The van der Waals surface area contributed by atoms with Crippen LogP contribution in [0.5, 0.6) is 5.75 Å². The highest BCUT2D eigenvalue weighted by Gasteiger charge is 2.06. The smallest absolute Gasteiger partial charge is 0.221 e. The van der Waals surface area contributed by atoms with Crippen LogP contribution in [0, 0.1) is 0 Å². The van der Waals surface area contributed by atoms with Gasteiger partial charge in [0, 0.05) is 24.0 Å². The summed E-state index contributed by atoms with van der Waals surface area (Å²) in [6.45, 7) is 2.36. The predicted octanol–water partition coefficient (Wildman–Crippen LogP) is 1.74. The summed E-state index contributed by atoms with van der Waals surface area (Å²) < 4.78 is 5.07. The number of benzene rings is 1. The zero-order valence-electron chi connectivity index (χ0n) is 10.7. The molecule has 0 saturated heterocycles. The summed E-state index contributed by atoms with van der Waals surface area (Å²) in [5.41, 5.74) is 6.52. The van der Waals surface area contributed by atoms with Crippen molar-refractivity contribution in [3.05, 3.63) is 28.8 Å². The Morgan fingerprint density at radius 2 is 2.28 bits per heavy atom. The van der Waals surface area contributed by atoms with Gasteiger partial charge in [-0.3, -0.25) is 4.79 Å². The molecule has 100 valence electrons. The van der Waals surface area contributed by atoms with Gasteiger partial charge in [-0.2, -0.15) is 0 Å². The van der Waals surface area contributed by atoms with E-state index in [2.05, 4.69) is 5.32 Å². The molecule has 0 aliphatic rings. The van der Waals surface area contributed by atoms with Gasteiger partial charge in [0.25, 0.3) is 0 Å². The molecule has 1 aromatic carbocycles. The first-order chi connectivity index (χ1) is 8.52. The zero-order valence-corrected chi connectivity index (χ0v) is 11.5. The fourth-order valence-electron chi connectivity index (χ4n) is 1.56. The summed E-state index contributed by atoms with van der Waals surface area (Å²) in [5.74, 6) is 0.694. The average molecular weight is 271 g/mol. The van der Waals surface area contributed by atoms with Crippen molar-refractivity contribution >= 4 is 17.5 Å². The van der Waals surface area contributed by atoms with Crippen molar-refractivity contribution in [2.45, 2.75) is 25.8 Å². The van der Waals surface area contributed by atoms with E-state index in [1.165, 1.54) is 0 Å². The van der Waals surface area contributed by atoms with Gasteiger partial charge in [0.05, 0.1) is 7.11 Å². The maximum Gasteiger partial charge on any atom is 0.221 e. The lowest BCUT2D eigenvalue weighted by molar-refractivity contribution is -0.121. The molecule has 18 heavy (non-hydrogen) atoms. The van der Waals surface area contributed by atoms with E-state index in [1.807, 2.05) is 12.1 Å². The normalized spacial score (nSPS) is 12.0. The van der Waals surface area contributed by atoms with E-state index in [0.717, 1.165) is 11.3 Å². The van der Waals surface area contributed by atoms with E-state index in [1.54, 1.807) is 20.1 Å². The number of carbonyl (C=O) groups excluding carboxylic acids is 1. The molecule has 0 aliphatic heterocycles. The van der Waals surface area contributed by atoms with Gasteiger partial charge < -0.3 is 15.8 Å². The quantitative estimate of drug-likeness (QED) is 0.828. The molecule has 0 radical (unpaired) electrons. The fourth-order valence-corrected chi connectivity index (χ4v) is 1.82. The molecule has 3 N–H and O–H groups in total. The fraction of sp³-hybridized carbons (Fsp3) is 0.462. The van der Waals surface area contributed by atoms with Gasteiger partial charge in [-0.1, -0.05) is 17.7 Å². The van der Waals surface area contributed by atoms with Crippen molar-refractivity contribution < 1.29 is 9.53 Å². The maximum absolute atomic E-state index is 11.4. The summed E-state index contributed by atoms with van der Waals surface area (Å²) in [5, 5.41) is 3.46. The Hall–Kier alpha value is -1.26. The number of nitrogens with two attached hydrogens (primary N) is 1. The molecule has 0 bridgehead atoms. The van der Waals surface area contributed by atoms with E-state index < -0.39 is 0 Å². The number of rotatable bonds is 6. The molecule has 1 rings (SSSR count). The topological polar surface area (TPSA) is 64.3 Å². The van der Waals surface area contributed by atoms with E-state index in [4.69, 9.17) is 22.1 Å². The maximum atomic E-state index is 11.4. The first-order valence-electron chi connectivity index (χ1n) is 5.87. The minimum Gasteiger partial charge on any atom is -0.497 e. The standard InChI is InChI=1S/C13H19ClN2O2/c1-9(15)7-13(17)16-6-5-10-3-4-11(18-2)8-12(10)14/h3-4,8-9H,5-7,15H2,1-2H3,(H,16,17). The lowest BCUT2D eigenvalue weighted by atomic mass is 10.1. The predicted molar refractivity (Wildman–Crippen MR) is 73.0 cm³/mol. The number of methoxy groups -OCH3 is 1. The Labute approximate surface area is 112 Å². The molecule has 0 fully saturated rings. The van der Waals surface area contributed by atoms with E-state index in [-0.39, 0.29) is 11.9 Å². The number of hydrogen-bond donors (Lipinski definition) is 2. The number of hydrogen-bond acceptors (Lipinski definition) is 3. The summed E-state index contributed by atoms with van der Waals surface area (Å²) in [7, 11) is 1.60. The van der Waals surface area contributed by atoms with Gasteiger partial charge in [-0.05, 0) is 31.0 Å². The molecular weight excluding hydrogens is 252 g/mol. The molecule has 0 spiro atoms. The van der Waals surface area contributed by atoms with Crippen LogP contribution in [0.25, 0.3) is 0 Å². The van der Waals surface area contributed by atoms with Gasteiger partial charge in [-0.25, -0.2) is 0 Å². The monoisotopic (exact) mass is 270 g/mol. The van der Waals surface area contributed by atoms with Crippen molar-refractivity contribution in [1.82, 2.24) is 5.32 Å². The Kier molecular flexibility index (Phi) is 5.95. The number of ether oxygens (including phenoxy) is 1. The molecule has 1 unspecified atom stereocenters. The summed E-state index contributed by atoms with van der Waals surface area (Å²) >= 11 is 6.10. The lowest BCUT2D eigenvalue weighted by Crippen LogP contribution is -2.31. The molecular formula is C13H19ClN2O2. The van der Waals surface area contributed by atoms with Gasteiger partial charge >= 0.3 is 0 Å². The molecule has 1 aromatic rings. The minimum atomic E-state index is -0.116. The van der Waals surface area contributed by atoms with E-state index in [9.17, 15) is 4.79 Å². The largest absolute Gasteiger partial charge is 0.497 e. The molecule has 0 heterocycles. The summed E-state index contributed by atoms with van der Waals surface area (Å²) in [6, 6.07) is 5.40. The molecule has 1 amide bonds. The van der Waals surface area contributed by atoms with Gasteiger partial charge in [-0.15, -0.1) is 0 Å². The van der Waals surface area contributed by atoms with Crippen molar-refractivity contribution in [3.8, 4) is 5.75 Å². The zero-order chi connectivity index (χ0) is 13.5. The van der Waals surface area contributed by atoms with Crippen LogP contribution in [0.2, 0.25) is 5.02 Å². The van der Waals surface area contributed by atoms with Gasteiger partial charge in [0.1, 0.15) is 5.75 Å². The first kappa shape index (κ1) is 14.8. The SMILES string of the molecule is COc1ccc(CCNC(=O)CC(C)N)c(Cl)c1. The second kappa shape index (κ2) is 7.24. The molecule has 4 nitrogen and oxygen atoms in total. The van der Waals surface area contributed by atoms with Gasteiger partial charge in [0.15, 0.2) is 0 Å². The second-order valence-corrected chi connectivity index (χ2v) is 4.65. The van der Waals surface area contributed by atoms with Crippen LogP contribution in [0.4, 0.5) is 0 Å². The number of amides is 1.